The largest absolute Gasteiger partial charge is 0.354 e. The van der Waals surface area contributed by atoms with E-state index in [2.05, 4.69) is 10.6 Å². The average molecular weight is 261 g/mol. The molecule has 0 heterocycles. The molecule has 2 amide bonds. The third-order valence-electron chi connectivity index (χ3n) is 3.11. The lowest BCUT2D eigenvalue weighted by molar-refractivity contribution is -0.122. The SMILES string of the molecule is NCc1ccc(C(=O)NCCNC(=O)C2CC2)cc1. The van der Waals surface area contributed by atoms with Crippen molar-refractivity contribution in [2.75, 3.05) is 13.1 Å². The highest BCUT2D eigenvalue weighted by atomic mass is 16.2. The first kappa shape index (κ1) is 13.5. The maximum absolute atomic E-state index is 11.8. The highest BCUT2D eigenvalue weighted by Gasteiger charge is 2.28. The summed E-state index contributed by atoms with van der Waals surface area (Å²) in [6.07, 6.45) is 1.98. The Morgan fingerprint density at radius 1 is 1.11 bits per heavy atom. The number of benzene rings is 1. The van der Waals surface area contributed by atoms with Crippen LogP contribution >= 0.6 is 0 Å². The van der Waals surface area contributed by atoms with Crippen LogP contribution in [0.3, 0.4) is 0 Å². The molecular weight excluding hydrogens is 242 g/mol. The third-order valence-corrected chi connectivity index (χ3v) is 3.11. The van der Waals surface area contributed by atoms with Crippen LogP contribution in [0.4, 0.5) is 0 Å². The predicted molar refractivity (Wildman–Crippen MR) is 72.4 cm³/mol. The van der Waals surface area contributed by atoms with Gasteiger partial charge in [-0.1, -0.05) is 12.1 Å². The van der Waals surface area contributed by atoms with Crippen LogP contribution in [-0.2, 0) is 11.3 Å². The Hall–Kier alpha value is -1.88. The molecule has 1 fully saturated rings. The number of hydrogen-bond acceptors (Lipinski definition) is 3. The van der Waals surface area contributed by atoms with Gasteiger partial charge in [-0.15, -0.1) is 0 Å². The molecule has 4 N–H and O–H groups in total. The van der Waals surface area contributed by atoms with Crippen LogP contribution in [0.1, 0.15) is 28.8 Å². The van der Waals surface area contributed by atoms with Crippen LogP contribution in [0.2, 0.25) is 0 Å². The summed E-state index contributed by atoms with van der Waals surface area (Å²) >= 11 is 0. The molecule has 5 nitrogen and oxygen atoms in total. The molecule has 0 saturated heterocycles. The van der Waals surface area contributed by atoms with E-state index in [4.69, 9.17) is 5.73 Å². The Kier molecular flexibility index (Phi) is 4.52. The molecule has 0 aromatic heterocycles. The molecule has 2 rings (SSSR count). The second-order valence-corrected chi connectivity index (χ2v) is 4.72. The number of carbonyl (C=O) groups excluding carboxylic acids is 2. The minimum Gasteiger partial charge on any atom is -0.354 e. The van der Waals surface area contributed by atoms with E-state index in [9.17, 15) is 9.59 Å². The Morgan fingerprint density at radius 2 is 1.74 bits per heavy atom. The van der Waals surface area contributed by atoms with Crippen LogP contribution in [-0.4, -0.2) is 24.9 Å². The molecule has 1 aliphatic carbocycles. The quantitative estimate of drug-likeness (QED) is 0.648. The van der Waals surface area contributed by atoms with E-state index in [0.29, 0.717) is 25.2 Å². The standard InChI is InChI=1S/C14H19N3O2/c15-9-10-1-3-11(4-2-10)13(18)16-7-8-17-14(19)12-5-6-12/h1-4,12H,5-9,15H2,(H,16,18)(H,17,19). The van der Waals surface area contributed by atoms with E-state index in [0.717, 1.165) is 18.4 Å². The normalized spacial score (nSPS) is 13.9. The zero-order valence-electron chi connectivity index (χ0n) is 10.8. The second kappa shape index (κ2) is 6.33. The lowest BCUT2D eigenvalue weighted by Gasteiger charge is -2.07. The molecule has 1 aromatic rings. The Morgan fingerprint density at radius 3 is 2.32 bits per heavy atom. The first-order valence-electron chi connectivity index (χ1n) is 6.55. The Balaban J connectivity index is 1.69. The van der Waals surface area contributed by atoms with E-state index < -0.39 is 0 Å². The van der Waals surface area contributed by atoms with Gasteiger partial charge < -0.3 is 16.4 Å². The van der Waals surface area contributed by atoms with Gasteiger partial charge in [-0.2, -0.15) is 0 Å². The number of rotatable bonds is 6. The minimum absolute atomic E-state index is 0.0987. The summed E-state index contributed by atoms with van der Waals surface area (Å²) in [7, 11) is 0. The topological polar surface area (TPSA) is 84.2 Å². The Labute approximate surface area is 112 Å². The van der Waals surface area contributed by atoms with Crippen LogP contribution in [0.25, 0.3) is 0 Å². The maximum atomic E-state index is 11.8. The van der Waals surface area contributed by atoms with Gasteiger partial charge in [0.2, 0.25) is 5.91 Å². The van der Waals surface area contributed by atoms with E-state index in [1.807, 2.05) is 12.1 Å². The van der Waals surface area contributed by atoms with Crippen molar-refractivity contribution in [3.63, 3.8) is 0 Å². The summed E-state index contributed by atoms with van der Waals surface area (Å²) in [5, 5.41) is 5.57. The monoisotopic (exact) mass is 261 g/mol. The van der Waals surface area contributed by atoms with Crippen LogP contribution in [0.5, 0.6) is 0 Å². The number of carbonyl (C=O) groups is 2. The van der Waals surface area contributed by atoms with Gasteiger partial charge in [0, 0.05) is 31.1 Å². The predicted octanol–water partition coefficient (Wildman–Crippen LogP) is 0.401. The zero-order chi connectivity index (χ0) is 13.7. The first-order valence-corrected chi connectivity index (χ1v) is 6.55. The molecule has 5 heteroatoms. The summed E-state index contributed by atoms with van der Waals surface area (Å²) in [5.74, 6) is 0.172. The summed E-state index contributed by atoms with van der Waals surface area (Å²) in [4.78, 5) is 23.1. The van der Waals surface area contributed by atoms with Crippen LogP contribution < -0.4 is 16.4 Å². The fraction of sp³-hybridized carbons (Fsp3) is 0.429. The molecule has 1 saturated carbocycles. The van der Waals surface area contributed by atoms with Crippen molar-refractivity contribution in [1.82, 2.24) is 10.6 Å². The maximum Gasteiger partial charge on any atom is 0.251 e. The summed E-state index contributed by atoms with van der Waals surface area (Å²) in [6, 6.07) is 7.17. The van der Waals surface area contributed by atoms with E-state index in [-0.39, 0.29) is 17.7 Å². The van der Waals surface area contributed by atoms with Crippen LogP contribution in [0, 0.1) is 5.92 Å². The molecule has 1 aliphatic rings. The van der Waals surface area contributed by atoms with Gasteiger partial charge in [0.05, 0.1) is 0 Å². The molecule has 0 unspecified atom stereocenters. The zero-order valence-corrected chi connectivity index (χ0v) is 10.8. The number of nitrogens with two attached hydrogens (primary N) is 1. The van der Waals surface area contributed by atoms with Crippen LogP contribution in [0.15, 0.2) is 24.3 Å². The summed E-state index contributed by atoms with van der Waals surface area (Å²) < 4.78 is 0. The van der Waals surface area contributed by atoms with Crippen molar-refractivity contribution >= 4 is 11.8 Å². The van der Waals surface area contributed by atoms with Crippen molar-refractivity contribution in [2.24, 2.45) is 11.7 Å². The first-order chi connectivity index (χ1) is 9.20. The minimum atomic E-state index is -0.135. The van der Waals surface area contributed by atoms with Crippen molar-refractivity contribution in [1.29, 1.82) is 0 Å². The fourth-order valence-electron chi connectivity index (χ4n) is 1.75. The van der Waals surface area contributed by atoms with E-state index >= 15 is 0 Å². The van der Waals surface area contributed by atoms with Crippen molar-refractivity contribution in [3.05, 3.63) is 35.4 Å². The number of amides is 2. The molecular formula is C14H19N3O2. The lowest BCUT2D eigenvalue weighted by atomic mass is 10.1. The van der Waals surface area contributed by atoms with Gasteiger partial charge in [0.25, 0.3) is 5.91 Å². The highest BCUT2D eigenvalue weighted by molar-refractivity contribution is 5.94. The number of hydrogen-bond donors (Lipinski definition) is 3. The lowest BCUT2D eigenvalue weighted by Crippen LogP contribution is -2.35. The highest BCUT2D eigenvalue weighted by Crippen LogP contribution is 2.28. The molecule has 0 atom stereocenters. The van der Waals surface area contributed by atoms with Gasteiger partial charge >= 0.3 is 0 Å². The van der Waals surface area contributed by atoms with Gasteiger partial charge in [-0.3, -0.25) is 9.59 Å². The third kappa shape index (κ3) is 4.06. The summed E-state index contributed by atoms with van der Waals surface area (Å²) in [6.45, 7) is 1.38. The van der Waals surface area contributed by atoms with Gasteiger partial charge in [0.1, 0.15) is 0 Å². The van der Waals surface area contributed by atoms with Gasteiger partial charge in [0.15, 0.2) is 0 Å². The molecule has 0 aliphatic heterocycles. The van der Waals surface area contributed by atoms with Crippen molar-refractivity contribution < 1.29 is 9.59 Å². The molecule has 1 aromatic carbocycles. The van der Waals surface area contributed by atoms with E-state index in [1.165, 1.54) is 0 Å². The smallest absolute Gasteiger partial charge is 0.251 e. The summed E-state index contributed by atoms with van der Waals surface area (Å²) in [5.41, 5.74) is 7.09. The van der Waals surface area contributed by atoms with Crippen molar-refractivity contribution in [3.8, 4) is 0 Å². The Bertz CT molecular complexity index is 452. The van der Waals surface area contributed by atoms with E-state index in [1.54, 1.807) is 12.1 Å². The van der Waals surface area contributed by atoms with Crippen molar-refractivity contribution in [2.45, 2.75) is 19.4 Å². The number of nitrogens with one attached hydrogen (secondary N) is 2. The van der Waals surface area contributed by atoms with Gasteiger partial charge in [-0.05, 0) is 30.5 Å². The molecule has 0 radical (unpaired) electrons. The molecule has 0 bridgehead atoms. The molecule has 19 heavy (non-hydrogen) atoms. The fourth-order valence-corrected chi connectivity index (χ4v) is 1.75. The molecule has 0 spiro atoms. The average Bonchev–Trinajstić information content (AvgIpc) is 3.27. The second-order valence-electron chi connectivity index (χ2n) is 4.72. The van der Waals surface area contributed by atoms with Gasteiger partial charge in [-0.25, -0.2) is 0 Å². The molecule has 102 valence electrons.